The zero-order valence-electron chi connectivity index (χ0n) is 11.4. The Morgan fingerprint density at radius 3 is 2.48 bits per heavy atom. The molecule has 0 atom stereocenters. The molecule has 108 valence electrons. The fourth-order valence-corrected chi connectivity index (χ4v) is 3.18. The van der Waals surface area contributed by atoms with Crippen molar-refractivity contribution in [1.82, 2.24) is 9.97 Å². The first-order valence-electron chi connectivity index (χ1n) is 6.55. The number of nitrogens with zero attached hydrogens (tertiary/aromatic N) is 2. The first kappa shape index (κ1) is 13.9. The Hall–Kier alpha value is -2.08. The van der Waals surface area contributed by atoms with Gasteiger partial charge in [0.15, 0.2) is 0 Å². The van der Waals surface area contributed by atoms with Gasteiger partial charge in [0.2, 0.25) is 0 Å². The number of nitrogen functional groups attached to an aromatic ring is 1. The number of thiophene rings is 1. The van der Waals surface area contributed by atoms with Crippen molar-refractivity contribution in [2.24, 2.45) is 0 Å². The first-order chi connectivity index (χ1) is 10.0. The highest BCUT2D eigenvalue weighted by molar-refractivity contribution is 7.18. The van der Waals surface area contributed by atoms with E-state index in [9.17, 15) is 8.78 Å². The SMILES string of the molecule is CCc1cc2c(N)nc(Cc3cc(F)cc(F)c3)nc2s1. The normalized spacial score (nSPS) is 11.2. The monoisotopic (exact) mass is 305 g/mol. The van der Waals surface area contributed by atoms with Gasteiger partial charge in [0.05, 0.1) is 5.39 Å². The minimum absolute atomic E-state index is 0.244. The Morgan fingerprint density at radius 1 is 1.10 bits per heavy atom. The summed E-state index contributed by atoms with van der Waals surface area (Å²) in [5.41, 5.74) is 6.43. The lowest BCUT2D eigenvalue weighted by molar-refractivity contribution is 0.580. The van der Waals surface area contributed by atoms with Gasteiger partial charge in [-0.3, -0.25) is 0 Å². The van der Waals surface area contributed by atoms with Crippen LogP contribution in [0.3, 0.4) is 0 Å². The van der Waals surface area contributed by atoms with Gasteiger partial charge in [-0.25, -0.2) is 18.7 Å². The van der Waals surface area contributed by atoms with Crippen molar-refractivity contribution in [3.05, 3.63) is 52.2 Å². The van der Waals surface area contributed by atoms with Crippen LogP contribution >= 0.6 is 11.3 Å². The Morgan fingerprint density at radius 2 is 1.81 bits per heavy atom. The van der Waals surface area contributed by atoms with E-state index in [-0.39, 0.29) is 6.42 Å². The summed E-state index contributed by atoms with van der Waals surface area (Å²) in [5, 5.41) is 0.839. The van der Waals surface area contributed by atoms with Gasteiger partial charge < -0.3 is 5.73 Å². The van der Waals surface area contributed by atoms with E-state index in [4.69, 9.17) is 5.73 Å². The van der Waals surface area contributed by atoms with E-state index < -0.39 is 11.6 Å². The average molecular weight is 305 g/mol. The predicted molar refractivity (Wildman–Crippen MR) is 80.4 cm³/mol. The summed E-state index contributed by atoms with van der Waals surface area (Å²) in [5.74, 6) is -0.343. The second-order valence-electron chi connectivity index (χ2n) is 4.76. The zero-order chi connectivity index (χ0) is 15.0. The molecule has 0 unspecified atom stereocenters. The number of aromatic nitrogens is 2. The van der Waals surface area contributed by atoms with Gasteiger partial charge in [-0.15, -0.1) is 11.3 Å². The highest BCUT2D eigenvalue weighted by atomic mass is 32.1. The van der Waals surface area contributed by atoms with E-state index in [1.807, 2.05) is 6.07 Å². The molecule has 0 bridgehead atoms. The van der Waals surface area contributed by atoms with E-state index in [0.29, 0.717) is 17.2 Å². The van der Waals surface area contributed by atoms with Gasteiger partial charge in [-0.05, 0) is 30.2 Å². The highest BCUT2D eigenvalue weighted by Crippen LogP contribution is 2.28. The lowest BCUT2D eigenvalue weighted by Gasteiger charge is -2.03. The van der Waals surface area contributed by atoms with E-state index >= 15 is 0 Å². The number of halogens is 2. The topological polar surface area (TPSA) is 51.8 Å². The lowest BCUT2D eigenvalue weighted by atomic mass is 10.1. The molecule has 3 rings (SSSR count). The molecule has 2 aromatic heterocycles. The summed E-state index contributed by atoms with van der Waals surface area (Å²) in [6, 6.07) is 5.38. The van der Waals surface area contributed by atoms with Crippen molar-refractivity contribution in [2.45, 2.75) is 19.8 Å². The van der Waals surface area contributed by atoms with E-state index in [0.717, 1.165) is 22.7 Å². The molecule has 0 spiro atoms. The molecule has 0 saturated carbocycles. The van der Waals surface area contributed by atoms with Gasteiger partial charge in [0.1, 0.15) is 28.1 Å². The number of fused-ring (bicyclic) bond motifs is 1. The summed E-state index contributed by atoms with van der Waals surface area (Å²) in [4.78, 5) is 10.7. The Labute approximate surface area is 124 Å². The average Bonchev–Trinajstić information content (AvgIpc) is 2.81. The van der Waals surface area contributed by atoms with Gasteiger partial charge in [0, 0.05) is 17.4 Å². The third-order valence-corrected chi connectivity index (χ3v) is 4.33. The molecule has 21 heavy (non-hydrogen) atoms. The summed E-state index contributed by atoms with van der Waals surface area (Å²) >= 11 is 1.56. The predicted octanol–water partition coefficient (Wildman–Crippen LogP) is 3.70. The van der Waals surface area contributed by atoms with Crippen LogP contribution in [0.25, 0.3) is 10.2 Å². The van der Waals surface area contributed by atoms with Crippen molar-refractivity contribution in [3.63, 3.8) is 0 Å². The highest BCUT2D eigenvalue weighted by Gasteiger charge is 2.10. The van der Waals surface area contributed by atoms with E-state index in [2.05, 4.69) is 16.9 Å². The van der Waals surface area contributed by atoms with Crippen LogP contribution in [-0.4, -0.2) is 9.97 Å². The Kier molecular flexibility index (Phi) is 3.55. The van der Waals surface area contributed by atoms with Crippen LogP contribution in [-0.2, 0) is 12.8 Å². The van der Waals surface area contributed by atoms with Crippen molar-refractivity contribution in [2.75, 3.05) is 5.73 Å². The fourth-order valence-electron chi connectivity index (χ4n) is 2.19. The molecule has 0 radical (unpaired) electrons. The van der Waals surface area contributed by atoms with E-state index in [1.54, 1.807) is 11.3 Å². The smallest absolute Gasteiger partial charge is 0.136 e. The number of aryl methyl sites for hydroxylation is 1. The van der Waals surface area contributed by atoms with Crippen LogP contribution < -0.4 is 5.73 Å². The molecule has 2 N–H and O–H groups in total. The van der Waals surface area contributed by atoms with Crippen molar-refractivity contribution in [1.29, 1.82) is 0 Å². The Balaban J connectivity index is 2.00. The minimum atomic E-state index is -0.608. The first-order valence-corrected chi connectivity index (χ1v) is 7.36. The number of hydrogen-bond donors (Lipinski definition) is 1. The summed E-state index contributed by atoms with van der Waals surface area (Å²) < 4.78 is 26.4. The third kappa shape index (κ3) is 2.85. The number of rotatable bonds is 3. The molecule has 3 nitrogen and oxygen atoms in total. The van der Waals surface area contributed by atoms with E-state index in [1.165, 1.54) is 17.0 Å². The standard InChI is InChI=1S/C15H13F2N3S/c1-2-11-7-12-14(18)19-13(20-15(12)21-11)5-8-3-9(16)6-10(17)4-8/h3-4,6-7H,2,5H2,1H3,(H2,18,19,20). The molecule has 0 saturated heterocycles. The molecule has 2 heterocycles. The zero-order valence-corrected chi connectivity index (χ0v) is 12.2. The number of nitrogens with two attached hydrogens (primary N) is 1. The maximum Gasteiger partial charge on any atom is 0.136 e. The summed E-state index contributed by atoms with van der Waals surface area (Å²) in [6.45, 7) is 2.06. The largest absolute Gasteiger partial charge is 0.383 e. The summed E-state index contributed by atoms with van der Waals surface area (Å²) in [7, 11) is 0. The quantitative estimate of drug-likeness (QED) is 0.802. The molecule has 0 amide bonds. The van der Waals surface area contributed by atoms with Crippen molar-refractivity contribution < 1.29 is 8.78 Å². The van der Waals surface area contributed by atoms with Crippen molar-refractivity contribution in [3.8, 4) is 0 Å². The molecular formula is C15H13F2N3S. The van der Waals surface area contributed by atoms with Crippen LogP contribution in [0.2, 0.25) is 0 Å². The second kappa shape index (κ2) is 5.37. The van der Waals surface area contributed by atoms with Crippen molar-refractivity contribution >= 4 is 27.4 Å². The number of benzene rings is 1. The molecule has 0 aliphatic carbocycles. The van der Waals surface area contributed by atoms with Crippen LogP contribution in [0, 0.1) is 11.6 Å². The lowest BCUT2D eigenvalue weighted by Crippen LogP contribution is -2.01. The molecule has 3 aromatic rings. The maximum atomic E-state index is 13.2. The number of anilines is 1. The van der Waals surface area contributed by atoms with Gasteiger partial charge in [-0.1, -0.05) is 6.92 Å². The summed E-state index contributed by atoms with van der Waals surface area (Å²) in [6.07, 6.45) is 1.15. The minimum Gasteiger partial charge on any atom is -0.383 e. The van der Waals surface area contributed by atoms with Gasteiger partial charge in [0.25, 0.3) is 0 Å². The fraction of sp³-hybridized carbons (Fsp3) is 0.200. The van der Waals surface area contributed by atoms with Crippen LogP contribution in [0.15, 0.2) is 24.3 Å². The molecule has 0 aliphatic rings. The van der Waals surface area contributed by atoms with Gasteiger partial charge >= 0.3 is 0 Å². The molecule has 1 aromatic carbocycles. The van der Waals surface area contributed by atoms with Crippen LogP contribution in [0.4, 0.5) is 14.6 Å². The van der Waals surface area contributed by atoms with Crippen LogP contribution in [0.5, 0.6) is 0 Å². The Bertz CT molecular complexity index is 794. The van der Waals surface area contributed by atoms with Gasteiger partial charge in [-0.2, -0.15) is 0 Å². The second-order valence-corrected chi connectivity index (χ2v) is 5.88. The maximum absolute atomic E-state index is 13.2. The third-order valence-electron chi connectivity index (χ3n) is 3.15. The molecular weight excluding hydrogens is 292 g/mol. The number of hydrogen-bond acceptors (Lipinski definition) is 4. The molecule has 6 heteroatoms. The van der Waals surface area contributed by atoms with Crippen LogP contribution in [0.1, 0.15) is 23.2 Å². The molecule has 0 aliphatic heterocycles. The molecule has 0 fully saturated rings.